The van der Waals surface area contributed by atoms with Crippen LogP contribution < -0.4 is 20.9 Å². The molecule has 0 fully saturated rings. The minimum Gasteiger partial charge on any atom is -0.494 e. The Morgan fingerprint density at radius 1 is 1.04 bits per heavy atom. The van der Waals surface area contributed by atoms with Crippen LogP contribution in [0, 0.1) is 5.82 Å². The van der Waals surface area contributed by atoms with Gasteiger partial charge in [-0.3, -0.25) is 0 Å². The molecule has 0 aliphatic carbocycles. The van der Waals surface area contributed by atoms with Gasteiger partial charge in [-0.2, -0.15) is 0 Å². The van der Waals surface area contributed by atoms with Crippen molar-refractivity contribution in [3.8, 4) is 28.5 Å². The third-order valence-electron chi connectivity index (χ3n) is 3.35. The van der Waals surface area contributed by atoms with Crippen LogP contribution >= 0.6 is 0 Å². The number of nitrogen functional groups attached to an aromatic ring is 2. The minimum atomic E-state index is -0.477. The summed E-state index contributed by atoms with van der Waals surface area (Å²) >= 11 is 0. The van der Waals surface area contributed by atoms with E-state index in [1.807, 2.05) is 0 Å². The predicted molar refractivity (Wildman–Crippen MR) is 89.3 cm³/mol. The molecule has 24 heavy (non-hydrogen) atoms. The number of rotatable bonds is 4. The molecule has 7 heteroatoms. The van der Waals surface area contributed by atoms with Crippen molar-refractivity contribution in [1.29, 1.82) is 0 Å². The lowest BCUT2D eigenvalue weighted by atomic mass is 10.1. The molecule has 1 aromatic heterocycles. The van der Waals surface area contributed by atoms with Gasteiger partial charge in [-0.25, -0.2) is 14.4 Å². The van der Waals surface area contributed by atoms with Gasteiger partial charge in [0.2, 0.25) is 5.88 Å². The molecule has 0 unspecified atom stereocenters. The van der Waals surface area contributed by atoms with Crippen LogP contribution in [0.4, 0.5) is 15.9 Å². The largest absolute Gasteiger partial charge is 0.494 e. The summed E-state index contributed by atoms with van der Waals surface area (Å²) in [7, 11) is 1.39. The van der Waals surface area contributed by atoms with Crippen LogP contribution in [0.2, 0.25) is 0 Å². The average molecular weight is 326 g/mol. The number of hydrogen-bond donors (Lipinski definition) is 2. The standard InChI is InChI=1S/C17H15FN4O2/c1-23-14-7-10(5-6-13(14)18)15-16(20)21-9-22-17(15)24-12-4-2-3-11(19)8-12/h2-9H,19H2,1H3,(H2,20,21,22). The molecule has 0 aliphatic heterocycles. The number of aromatic nitrogens is 2. The number of nitrogens with two attached hydrogens (primary N) is 2. The molecule has 0 aliphatic rings. The zero-order valence-electron chi connectivity index (χ0n) is 12.9. The molecule has 122 valence electrons. The van der Waals surface area contributed by atoms with Crippen molar-refractivity contribution in [2.45, 2.75) is 0 Å². The van der Waals surface area contributed by atoms with Crippen LogP contribution in [0.3, 0.4) is 0 Å². The van der Waals surface area contributed by atoms with E-state index in [2.05, 4.69) is 9.97 Å². The van der Waals surface area contributed by atoms with Gasteiger partial charge in [0.25, 0.3) is 0 Å². The highest BCUT2D eigenvalue weighted by Crippen LogP contribution is 2.37. The average Bonchev–Trinajstić information content (AvgIpc) is 2.56. The highest BCUT2D eigenvalue weighted by Gasteiger charge is 2.16. The topological polar surface area (TPSA) is 96.3 Å². The van der Waals surface area contributed by atoms with Crippen molar-refractivity contribution in [2.24, 2.45) is 0 Å². The molecule has 0 amide bonds. The second-order valence-electron chi connectivity index (χ2n) is 4.96. The van der Waals surface area contributed by atoms with Crippen LogP contribution in [-0.4, -0.2) is 17.1 Å². The fraction of sp³-hybridized carbons (Fsp3) is 0.0588. The van der Waals surface area contributed by atoms with Crippen molar-refractivity contribution in [3.63, 3.8) is 0 Å². The molecule has 0 saturated heterocycles. The lowest BCUT2D eigenvalue weighted by Crippen LogP contribution is -2.00. The fourth-order valence-electron chi connectivity index (χ4n) is 2.24. The Morgan fingerprint density at radius 3 is 2.62 bits per heavy atom. The molecule has 3 aromatic rings. The number of halogens is 1. The van der Waals surface area contributed by atoms with Crippen molar-refractivity contribution in [1.82, 2.24) is 9.97 Å². The maximum absolute atomic E-state index is 13.6. The summed E-state index contributed by atoms with van der Waals surface area (Å²) in [5.41, 5.74) is 13.3. The van der Waals surface area contributed by atoms with Gasteiger partial charge in [0, 0.05) is 11.8 Å². The maximum Gasteiger partial charge on any atom is 0.232 e. The van der Waals surface area contributed by atoms with Gasteiger partial charge in [0.1, 0.15) is 17.9 Å². The zero-order chi connectivity index (χ0) is 17.1. The molecular formula is C17H15FN4O2. The van der Waals surface area contributed by atoms with E-state index >= 15 is 0 Å². The van der Waals surface area contributed by atoms with E-state index in [1.165, 1.54) is 25.6 Å². The van der Waals surface area contributed by atoms with E-state index in [0.29, 0.717) is 22.6 Å². The molecule has 6 nitrogen and oxygen atoms in total. The van der Waals surface area contributed by atoms with Gasteiger partial charge < -0.3 is 20.9 Å². The predicted octanol–water partition coefficient (Wildman–Crippen LogP) is 3.25. The Balaban J connectivity index is 2.08. The summed E-state index contributed by atoms with van der Waals surface area (Å²) in [6, 6.07) is 11.3. The van der Waals surface area contributed by atoms with Crippen molar-refractivity contribution < 1.29 is 13.9 Å². The van der Waals surface area contributed by atoms with E-state index in [9.17, 15) is 4.39 Å². The molecule has 0 bridgehead atoms. The number of benzene rings is 2. The highest BCUT2D eigenvalue weighted by molar-refractivity contribution is 5.79. The zero-order valence-corrected chi connectivity index (χ0v) is 12.9. The minimum absolute atomic E-state index is 0.0886. The van der Waals surface area contributed by atoms with Gasteiger partial charge in [0.15, 0.2) is 11.6 Å². The number of ether oxygens (including phenoxy) is 2. The van der Waals surface area contributed by atoms with Crippen molar-refractivity contribution in [2.75, 3.05) is 18.6 Å². The highest BCUT2D eigenvalue weighted by atomic mass is 19.1. The molecule has 2 aromatic carbocycles. The Hall–Kier alpha value is -3.35. The first-order valence-electron chi connectivity index (χ1n) is 7.06. The normalized spacial score (nSPS) is 10.4. The Labute approximate surface area is 137 Å². The molecule has 0 spiro atoms. The van der Waals surface area contributed by atoms with Crippen LogP contribution in [0.5, 0.6) is 17.4 Å². The smallest absolute Gasteiger partial charge is 0.232 e. The van der Waals surface area contributed by atoms with Crippen LogP contribution in [0.15, 0.2) is 48.8 Å². The Morgan fingerprint density at radius 2 is 1.88 bits per heavy atom. The molecule has 0 radical (unpaired) electrons. The molecule has 1 heterocycles. The van der Waals surface area contributed by atoms with Gasteiger partial charge >= 0.3 is 0 Å². The quantitative estimate of drug-likeness (QED) is 0.714. The summed E-state index contributed by atoms with van der Waals surface area (Å²) in [5, 5.41) is 0. The fourth-order valence-corrected chi connectivity index (χ4v) is 2.24. The number of nitrogens with zero attached hydrogens (tertiary/aromatic N) is 2. The third kappa shape index (κ3) is 3.05. The third-order valence-corrected chi connectivity index (χ3v) is 3.35. The van der Waals surface area contributed by atoms with E-state index in [4.69, 9.17) is 20.9 Å². The van der Waals surface area contributed by atoms with Crippen molar-refractivity contribution in [3.05, 3.63) is 54.6 Å². The first-order valence-corrected chi connectivity index (χ1v) is 7.06. The summed E-state index contributed by atoms with van der Waals surface area (Å²) in [5.74, 6) is 0.559. The summed E-state index contributed by atoms with van der Waals surface area (Å²) in [6.07, 6.45) is 1.29. The number of hydrogen-bond acceptors (Lipinski definition) is 6. The number of methoxy groups -OCH3 is 1. The van der Waals surface area contributed by atoms with Crippen LogP contribution in [0.1, 0.15) is 0 Å². The van der Waals surface area contributed by atoms with Gasteiger partial charge in [0.05, 0.1) is 12.7 Å². The molecule has 0 saturated carbocycles. The van der Waals surface area contributed by atoms with Crippen molar-refractivity contribution >= 4 is 11.5 Å². The van der Waals surface area contributed by atoms with Crippen LogP contribution in [-0.2, 0) is 0 Å². The van der Waals surface area contributed by atoms with Gasteiger partial charge in [-0.15, -0.1) is 0 Å². The Bertz CT molecular complexity index is 886. The van der Waals surface area contributed by atoms with E-state index < -0.39 is 5.82 Å². The first-order chi connectivity index (χ1) is 11.6. The summed E-state index contributed by atoms with van der Waals surface area (Å²) in [6.45, 7) is 0. The molecule has 4 N–H and O–H groups in total. The summed E-state index contributed by atoms with van der Waals surface area (Å²) in [4.78, 5) is 8.11. The lowest BCUT2D eigenvalue weighted by Gasteiger charge is -2.13. The van der Waals surface area contributed by atoms with Crippen LogP contribution in [0.25, 0.3) is 11.1 Å². The molecule has 0 atom stereocenters. The first kappa shape index (κ1) is 15.5. The Kier molecular flexibility index (Phi) is 4.15. The van der Waals surface area contributed by atoms with E-state index in [-0.39, 0.29) is 17.4 Å². The lowest BCUT2D eigenvalue weighted by molar-refractivity contribution is 0.386. The van der Waals surface area contributed by atoms with E-state index in [1.54, 1.807) is 30.3 Å². The maximum atomic E-state index is 13.6. The second kappa shape index (κ2) is 6.41. The monoisotopic (exact) mass is 326 g/mol. The second-order valence-corrected chi connectivity index (χ2v) is 4.96. The molecular weight excluding hydrogens is 311 g/mol. The summed E-state index contributed by atoms with van der Waals surface area (Å²) < 4.78 is 24.4. The molecule has 3 rings (SSSR count). The van der Waals surface area contributed by atoms with Gasteiger partial charge in [-0.1, -0.05) is 12.1 Å². The van der Waals surface area contributed by atoms with E-state index in [0.717, 1.165) is 0 Å². The number of anilines is 2. The SMILES string of the molecule is COc1cc(-c2c(N)ncnc2Oc2cccc(N)c2)ccc1F. The van der Waals surface area contributed by atoms with Gasteiger partial charge in [-0.05, 0) is 29.8 Å².